The molecule has 1 aromatic carbocycles. The maximum atomic E-state index is 11.9. The zero-order chi connectivity index (χ0) is 11.5. The lowest BCUT2D eigenvalue weighted by molar-refractivity contribution is 0.598. The number of sulfone groups is 1. The van der Waals surface area contributed by atoms with Gasteiger partial charge in [0.2, 0.25) is 0 Å². The van der Waals surface area contributed by atoms with Crippen molar-refractivity contribution in [1.29, 1.82) is 0 Å². The molecule has 4 heteroatoms. The first-order chi connectivity index (χ1) is 6.93. The Bertz CT molecular complexity index is 457. The Morgan fingerprint density at radius 2 is 1.73 bits per heavy atom. The van der Waals surface area contributed by atoms with Gasteiger partial charge in [-0.25, -0.2) is 8.42 Å². The molecule has 0 N–H and O–H groups in total. The highest BCUT2D eigenvalue weighted by Crippen LogP contribution is 2.19. The predicted molar refractivity (Wildman–Crippen MR) is 65.8 cm³/mol. The van der Waals surface area contributed by atoms with E-state index in [0.29, 0.717) is 4.90 Å². The van der Waals surface area contributed by atoms with Gasteiger partial charge in [-0.15, -0.1) is 0 Å². The van der Waals surface area contributed by atoms with E-state index >= 15 is 0 Å². The van der Waals surface area contributed by atoms with Gasteiger partial charge in [0.15, 0.2) is 9.84 Å². The average molecular weight is 289 g/mol. The molecule has 0 radical (unpaired) electrons. The van der Waals surface area contributed by atoms with Gasteiger partial charge >= 0.3 is 0 Å². The minimum absolute atomic E-state index is 0.0271. The molecule has 0 saturated carbocycles. The summed E-state index contributed by atoms with van der Waals surface area (Å²) in [5.41, 5.74) is 0.981. The summed E-state index contributed by atoms with van der Waals surface area (Å²) in [5.74, 6) is 0.0271. The van der Waals surface area contributed by atoms with Crippen molar-refractivity contribution >= 4 is 25.8 Å². The van der Waals surface area contributed by atoms with Crippen LogP contribution in [-0.2, 0) is 9.84 Å². The number of rotatable bonds is 3. The van der Waals surface area contributed by atoms with Crippen LogP contribution < -0.4 is 0 Å². The first-order valence-corrected chi connectivity index (χ1v) is 6.97. The molecule has 1 aromatic rings. The molecule has 0 amide bonds. The van der Waals surface area contributed by atoms with Crippen molar-refractivity contribution in [1.82, 2.24) is 0 Å². The molecule has 0 bridgehead atoms. The second-order valence-electron chi connectivity index (χ2n) is 3.48. The van der Waals surface area contributed by atoms with E-state index in [1.54, 1.807) is 30.3 Å². The second kappa shape index (κ2) is 4.94. The summed E-state index contributed by atoms with van der Waals surface area (Å²) in [5, 5.41) is 0. The summed E-state index contributed by atoms with van der Waals surface area (Å²) in [6.07, 6.45) is 0. The van der Waals surface area contributed by atoms with E-state index < -0.39 is 9.84 Å². The molecule has 15 heavy (non-hydrogen) atoms. The third kappa shape index (κ3) is 3.47. The standard InChI is InChI=1S/C11H13BrO2S/c1-9(2)11(12)8-15(13,14)10-6-4-3-5-7-10/h3-7H,8H2,1-2H3. The Balaban J connectivity index is 3.02. The zero-order valence-corrected chi connectivity index (χ0v) is 11.1. The predicted octanol–water partition coefficient (Wildman–Crippen LogP) is 3.15. The van der Waals surface area contributed by atoms with Gasteiger partial charge in [-0.1, -0.05) is 39.7 Å². The molecule has 0 aromatic heterocycles. The van der Waals surface area contributed by atoms with Gasteiger partial charge in [0.1, 0.15) is 0 Å². The van der Waals surface area contributed by atoms with E-state index in [9.17, 15) is 8.42 Å². The van der Waals surface area contributed by atoms with Crippen LogP contribution in [0.5, 0.6) is 0 Å². The van der Waals surface area contributed by atoms with Crippen LogP contribution in [0.4, 0.5) is 0 Å². The summed E-state index contributed by atoms with van der Waals surface area (Å²) in [7, 11) is -3.21. The molecule has 1 rings (SSSR count). The van der Waals surface area contributed by atoms with Crippen molar-refractivity contribution < 1.29 is 8.42 Å². The Hall–Kier alpha value is -0.610. The number of hydrogen-bond donors (Lipinski definition) is 0. The van der Waals surface area contributed by atoms with Crippen molar-refractivity contribution in [2.24, 2.45) is 0 Å². The molecular weight excluding hydrogens is 276 g/mol. The largest absolute Gasteiger partial charge is 0.223 e. The molecule has 0 saturated heterocycles. The van der Waals surface area contributed by atoms with Crippen LogP contribution in [0.25, 0.3) is 0 Å². The van der Waals surface area contributed by atoms with Gasteiger partial charge in [0, 0.05) is 4.48 Å². The number of hydrogen-bond acceptors (Lipinski definition) is 2. The Labute approximate surface area is 99.1 Å². The molecule has 0 heterocycles. The third-order valence-corrected chi connectivity index (χ3v) is 5.07. The van der Waals surface area contributed by atoms with E-state index in [0.717, 1.165) is 10.1 Å². The van der Waals surface area contributed by atoms with Gasteiger partial charge in [-0.2, -0.15) is 0 Å². The summed E-state index contributed by atoms with van der Waals surface area (Å²) < 4.78 is 24.5. The average Bonchev–Trinajstić information content (AvgIpc) is 2.18. The van der Waals surface area contributed by atoms with Crippen molar-refractivity contribution in [3.05, 3.63) is 40.4 Å². The van der Waals surface area contributed by atoms with Crippen LogP contribution in [0.3, 0.4) is 0 Å². The fourth-order valence-corrected chi connectivity index (χ4v) is 3.29. The summed E-state index contributed by atoms with van der Waals surface area (Å²) in [6.45, 7) is 3.76. The maximum absolute atomic E-state index is 11.9. The van der Waals surface area contributed by atoms with E-state index in [1.165, 1.54) is 0 Å². The van der Waals surface area contributed by atoms with Crippen molar-refractivity contribution in [3.8, 4) is 0 Å². The summed E-state index contributed by atoms with van der Waals surface area (Å²) in [4.78, 5) is 0.364. The van der Waals surface area contributed by atoms with Crippen molar-refractivity contribution in [2.75, 3.05) is 5.75 Å². The zero-order valence-electron chi connectivity index (χ0n) is 8.70. The Morgan fingerprint density at radius 3 is 2.20 bits per heavy atom. The fourth-order valence-electron chi connectivity index (χ4n) is 1.02. The molecule has 0 aliphatic rings. The van der Waals surface area contributed by atoms with Crippen molar-refractivity contribution in [2.45, 2.75) is 18.7 Å². The van der Waals surface area contributed by atoms with E-state index in [1.807, 2.05) is 13.8 Å². The first kappa shape index (κ1) is 12.5. The van der Waals surface area contributed by atoms with Crippen molar-refractivity contribution in [3.63, 3.8) is 0 Å². The third-order valence-electron chi connectivity index (χ3n) is 1.96. The SMILES string of the molecule is CC(C)=C(Br)CS(=O)(=O)c1ccccc1. The molecule has 0 aliphatic carbocycles. The van der Waals surface area contributed by atoms with Gasteiger partial charge in [0.05, 0.1) is 10.6 Å². The monoisotopic (exact) mass is 288 g/mol. The van der Waals surface area contributed by atoms with E-state index in [-0.39, 0.29) is 5.75 Å². The van der Waals surface area contributed by atoms with Crippen LogP contribution in [-0.4, -0.2) is 14.2 Å². The lowest BCUT2D eigenvalue weighted by Crippen LogP contribution is -2.07. The van der Waals surface area contributed by atoms with Crippen LogP contribution in [0.15, 0.2) is 45.3 Å². The van der Waals surface area contributed by atoms with Gasteiger partial charge in [-0.3, -0.25) is 0 Å². The topological polar surface area (TPSA) is 34.1 Å². The molecule has 0 aliphatic heterocycles. The second-order valence-corrected chi connectivity index (χ2v) is 6.42. The van der Waals surface area contributed by atoms with E-state index in [2.05, 4.69) is 15.9 Å². The summed E-state index contributed by atoms with van der Waals surface area (Å²) in [6, 6.07) is 8.47. The van der Waals surface area contributed by atoms with Crippen LogP contribution >= 0.6 is 15.9 Å². The summed E-state index contributed by atoms with van der Waals surface area (Å²) >= 11 is 3.28. The molecular formula is C11H13BrO2S. The molecule has 0 fully saturated rings. The highest BCUT2D eigenvalue weighted by atomic mass is 79.9. The highest BCUT2D eigenvalue weighted by Gasteiger charge is 2.15. The minimum Gasteiger partial charge on any atom is -0.223 e. The van der Waals surface area contributed by atoms with Gasteiger partial charge < -0.3 is 0 Å². The number of benzene rings is 1. The molecule has 0 spiro atoms. The lowest BCUT2D eigenvalue weighted by Gasteiger charge is -2.04. The molecule has 2 nitrogen and oxygen atoms in total. The Morgan fingerprint density at radius 1 is 1.20 bits per heavy atom. The van der Waals surface area contributed by atoms with E-state index in [4.69, 9.17) is 0 Å². The Kier molecular flexibility index (Phi) is 4.11. The maximum Gasteiger partial charge on any atom is 0.183 e. The minimum atomic E-state index is -3.21. The number of allylic oxidation sites excluding steroid dienone is 1. The van der Waals surface area contributed by atoms with Gasteiger partial charge in [0.25, 0.3) is 0 Å². The number of halogens is 1. The molecule has 0 unspecified atom stereocenters. The van der Waals surface area contributed by atoms with Crippen LogP contribution in [0, 0.1) is 0 Å². The normalized spacial score (nSPS) is 11.1. The smallest absolute Gasteiger partial charge is 0.183 e. The first-order valence-electron chi connectivity index (χ1n) is 4.53. The fraction of sp³-hybridized carbons (Fsp3) is 0.273. The van der Waals surface area contributed by atoms with Crippen LogP contribution in [0.2, 0.25) is 0 Å². The molecule has 82 valence electrons. The van der Waals surface area contributed by atoms with Crippen LogP contribution in [0.1, 0.15) is 13.8 Å². The quantitative estimate of drug-likeness (QED) is 0.856. The van der Waals surface area contributed by atoms with Gasteiger partial charge in [-0.05, 0) is 26.0 Å². The highest BCUT2D eigenvalue weighted by molar-refractivity contribution is 9.11. The molecule has 0 atom stereocenters. The lowest BCUT2D eigenvalue weighted by atomic mass is 10.3.